The van der Waals surface area contributed by atoms with E-state index in [0.717, 1.165) is 16.9 Å². The summed E-state index contributed by atoms with van der Waals surface area (Å²) in [7, 11) is 3.23. The van der Waals surface area contributed by atoms with E-state index in [9.17, 15) is 9.59 Å². The van der Waals surface area contributed by atoms with Gasteiger partial charge in [0.25, 0.3) is 5.91 Å². The first-order valence-electron chi connectivity index (χ1n) is 6.48. The van der Waals surface area contributed by atoms with Gasteiger partial charge in [-0.05, 0) is 25.1 Å². The molecule has 0 aliphatic carbocycles. The van der Waals surface area contributed by atoms with Gasteiger partial charge in [0.15, 0.2) is 0 Å². The quantitative estimate of drug-likeness (QED) is 0.680. The van der Waals surface area contributed by atoms with Gasteiger partial charge < -0.3 is 14.6 Å². The van der Waals surface area contributed by atoms with Crippen molar-refractivity contribution >= 4 is 22.9 Å². The number of carbonyl (C=O) groups excluding carboxylic acids is 2. The average molecular weight is 287 g/mol. The molecule has 0 unspecified atom stereocenters. The second kappa shape index (κ2) is 6.21. The standard InChI is InChI=1S/C15H17N3O3/c1-10-17-12-9-11(6-7-13(12)18(10)2)15(20)16-8-4-5-14(19)21-3/h4-7,9H,8H2,1-3H3,(H,16,20)/b5-4+. The molecule has 6 heteroatoms. The first kappa shape index (κ1) is 14.8. The van der Waals surface area contributed by atoms with Crippen molar-refractivity contribution in [2.45, 2.75) is 6.92 Å². The number of amides is 1. The zero-order valence-electron chi connectivity index (χ0n) is 12.2. The SMILES string of the molecule is COC(=O)/C=C/CNC(=O)c1ccc2c(c1)nc(C)n2C. The van der Waals surface area contributed by atoms with Crippen LogP contribution in [-0.2, 0) is 16.6 Å². The number of fused-ring (bicyclic) bond motifs is 1. The number of aryl methyl sites for hydroxylation is 2. The number of esters is 1. The number of hydrogen-bond acceptors (Lipinski definition) is 4. The maximum atomic E-state index is 12.0. The van der Waals surface area contributed by atoms with Gasteiger partial charge in [-0.1, -0.05) is 6.08 Å². The number of hydrogen-bond donors (Lipinski definition) is 1. The minimum Gasteiger partial charge on any atom is -0.466 e. The fraction of sp³-hybridized carbons (Fsp3) is 0.267. The predicted molar refractivity (Wildman–Crippen MR) is 78.9 cm³/mol. The molecule has 1 aromatic carbocycles. The number of rotatable bonds is 4. The topological polar surface area (TPSA) is 73.2 Å². The third-order valence-corrected chi connectivity index (χ3v) is 3.20. The summed E-state index contributed by atoms with van der Waals surface area (Å²) in [4.78, 5) is 27.3. The van der Waals surface area contributed by atoms with E-state index in [1.807, 2.05) is 24.6 Å². The van der Waals surface area contributed by atoms with E-state index in [4.69, 9.17) is 0 Å². The molecule has 21 heavy (non-hydrogen) atoms. The second-order valence-electron chi connectivity index (χ2n) is 4.56. The van der Waals surface area contributed by atoms with Gasteiger partial charge in [-0.2, -0.15) is 0 Å². The van der Waals surface area contributed by atoms with Gasteiger partial charge in [0.1, 0.15) is 5.82 Å². The summed E-state index contributed by atoms with van der Waals surface area (Å²) in [6.07, 6.45) is 2.80. The molecule has 0 saturated heterocycles. The van der Waals surface area contributed by atoms with Crippen LogP contribution in [0.5, 0.6) is 0 Å². The van der Waals surface area contributed by atoms with Crippen molar-refractivity contribution in [1.82, 2.24) is 14.9 Å². The van der Waals surface area contributed by atoms with Crippen LogP contribution in [0.3, 0.4) is 0 Å². The molecule has 0 spiro atoms. The highest BCUT2D eigenvalue weighted by atomic mass is 16.5. The molecule has 0 aliphatic heterocycles. The third kappa shape index (κ3) is 3.28. The van der Waals surface area contributed by atoms with Gasteiger partial charge in [0.05, 0.1) is 18.1 Å². The number of nitrogens with one attached hydrogen (secondary N) is 1. The molecular weight excluding hydrogens is 270 g/mol. The number of aromatic nitrogens is 2. The van der Waals surface area contributed by atoms with E-state index in [1.165, 1.54) is 19.3 Å². The fourth-order valence-electron chi connectivity index (χ4n) is 1.94. The molecule has 1 N–H and O–H groups in total. The predicted octanol–water partition coefficient (Wildman–Crippen LogP) is 1.34. The first-order chi connectivity index (χ1) is 10.0. The minimum absolute atomic E-state index is 0.213. The van der Waals surface area contributed by atoms with Gasteiger partial charge in [0, 0.05) is 25.2 Å². The number of carbonyl (C=O) groups is 2. The lowest BCUT2D eigenvalue weighted by atomic mass is 10.2. The largest absolute Gasteiger partial charge is 0.466 e. The maximum Gasteiger partial charge on any atom is 0.330 e. The summed E-state index contributed by atoms with van der Waals surface area (Å²) in [6.45, 7) is 2.17. The highest BCUT2D eigenvalue weighted by Crippen LogP contribution is 2.16. The molecule has 0 fully saturated rings. The highest BCUT2D eigenvalue weighted by molar-refractivity contribution is 5.97. The molecule has 0 saturated carbocycles. The Morgan fingerprint density at radius 3 is 2.90 bits per heavy atom. The van der Waals surface area contributed by atoms with E-state index < -0.39 is 5.97 Å². The van der Waals surface area contributed by atoms with Crippen LogP contribution < -0.4 is 5.32 Å². The summed E-state index contributed by atoms with van der Waals surface area (Å²) >= 11 is 0. The normalized spacial score (nSPS) is 11.0. The number of ether oxygens (including phenoxy) is 1. The molecule has 1 aromatic heterocycles. The van der Waals surface area contributed by atoms with Crippen molar-refractivity contribution in [2.24, 2.45) is 7.05 Å². The zero-order valence-corrected chi connectivity index (χ0v) is 12.2. The molecule has 2 aromatic rings. The summed E-state index contributed by atoms with van der Waals surface area (Å²) in [5, 5.41) is 2.70. The van der Waals surface area contributed by atoms with Gasteiger partial charge in [-0.3, -0.25) is 4.79 Å². The van der Waals surface area contributed by atoms with Crippen molar-refractivity contribution in [3.05, 3.63) is 41.7 Å². The van der Waals surface area contributed by atoms with E-state index in [1.54, 1.807) is 12.1 Å². The lowest BCUT2D eigenvalue weighted by Gasteiger charge is -2.03. The molecule has 2 rings (SSSR count). The van der Waals surface area contributed by atoms with E-state index in [-0.39, 0.29) is 12.5 Å². The van der Waals surface area contributed by atoms with Gasteiger partial charge in [-0.15, -0.1) is 0 Å². The lowest BCUT2D eigenvalue weighted by Crippen LogP contribution is -2.23. The number of imidazole rings is 1. The summed E-state index contributed by atoms with van der Waals surface area (Å²) in [5.41, 5.74) is 2.30. The molecular formula is C15H17N3O3. The third-order valence-electron chi connectivity index (χ3n) is 3.20. The Balaban J connectivity index is 2.06. The Morgan fingerprint density at radius 1 is 1.43 bits per heavy atom. The van der Waals surface area contributed by atoms with Crippen LogP contribution in [0, 0.1) is 6.92 Å². The summed E-state index contributed by atoms with van der Waals surface area (Å²) < 4.78 is 6.42. The monoisotopic (exact) mass is 287 g/mol. The van der Waals surface area contributed by atoms with Crippen LogP contribution in [0.1, 0.15) is 16.2 Å². The second-order valence-corrected chi connectivity index (χ2v) is 4.56. The fourth-order valence-corrected chi connectivity index (χ4v) is 1.94. The Kier molecular flexibility index (Phi) is 4.37. The molecule has 1 amide bonds. The summed E-state index contributed by atoms with van der Waals surface area (Å²) in [5.74, 6) is 0.230. The minimum atomic E-state index is -0.449. The Bertz CT molecular complexity index is 716. The van der Waals surface area contributed by atoms with Crippen LogP contribution in [0.25, 0.3) is 11.0 Å². The molecule has 0 radical (unpaired) electrons. The molecule has 6 nitrogen and oxygen atoms in total. The van der Waals surface area contributed by atoms with Crippen LogP contribution in [0.2, 0.25) is 0 Å². The zero-order chi connectivity index (χ0) is 15.4. The van der Waals surface area contributed by atoms with Crippen molar-refractivity contribution < 1.29 is 14.3 Å². The number of nitrogens with zero attached hydrogens (tertiary/aromatic N) is 2. The maximum absolute atomic E-state index is 12.0. The average Bonchev–Trinajstić information content (AvgIpc) is 2.77. The van der Waals surface area contributed by atoms with E-state index in [2.05, 4.69) is 15.0 Å². The Hall–Kier alpha value is -2.63. The van der Waals surface area contributed by atoms with Crippen LogP contribution in [-0.4, -0.2) is 35.1 Å². The van der Waals surface area contributed by atoms with Crippen molar-refractivity contribution in [2.75, 3.05) is 13.7 Å². The van der Waals surface area contributed by atoms with E-state index in [0.29, 0.717) is 5.56 Å². The van der Waals surface area contributed by atoms with E-state index >= 15 is 0 Å². The Labute approximate surface area is 122 Å². The number of methoxy groups -OCH3 is 1. The number of benzene rings is 1. The van der Waals surface area contributed by atoms with Gasteiger partial charge in [0.2, 0.25) is 0 Å². The van der Waals surface area contributed by atoms with Crippen molar-refractivity contribution in [1.29, 1.82) is 0 Å². The molecule has 1 heterocycles. The summed E-state index contributed by atoms with van der Waals surface area (Å²) in [6, 6.07) is 5.37. The Morgan fingerprint density at radius 2 is 2.19 bits per heavy atom. The molecule has 0 atom stereocenters. The lowest BCUT2D eigenvalue weighted by molar-refractivity contribution is -0.134. The molecule has 0 aliphatic rings. The van der Waals surface area contributed by atoms with Gasteiger partial charge in [-0.25, -0.2) is 9.78 Å². The first-order valence-corrected chi connectivity index (χ1v) is 6.48. The van der Waals surface area contributed by atoms with Crippen LogP contribution >= 0.6 is 0 Å². The van der Waals surface area contributed by atoms with Gasteiger partial charge >= 0.3 is 5.97 Å². The smallest absolute Gasteiger partial charge is 0.330 e. The van der Waals surface area contributed by atoms with Crippen molar-refractivity contribution in [3.8, 4) is 0 Å². The molecule has 110 valence electrons. The van der Waals surface area contributed by atoms with Crippen molar-refractivity contribution in [3.63, 3.8) is 0 Å². The van der Waals surface area contributed by atoms with Crippen LogP contribution in [0.15, 0.2) is 30.4 Å². The van der Waals surface area contributed by atoms with Crippen LogP contribution in [0.4, 0.5) is 0 Å². The highest BCUT2D eigenvalue weighted by Gasteiger charge is 2.09. The molecule has 0 bridgehead atoms.